The molecule has 34 heavy (non-hydrogen) atoms. The maximum Gasteiger partial charge on any atom is 0.287 e. The van der Waals surface area contributed by atoms with Crippen molar-refractivity contribution in [3.8, 4) is 0 Å². The lowest BCUT2D eigenvalue weighted by molar-refractivity contribution is -0.126. The summed E-state index contributed by atoms with van der Waals surface area (Å²) in [6, 6.07) is 18.1. The molecule has 1 saturated carbocycles. The Kier molecular flexibility index (Phi) is 7.65. The minimum Gasteiger partial charge on any atom is -0.459 e. The Morgan fingerprint density at radius 2 is 1.68 bits per heavy atom. The number of amides is 3. The first kappa shape index (κ1) is 23.6. The van der Waals surface area contributed by atoms with Crippen LogP contribution in [-0.4, -0.2) is 30.3 Å². The number of nitrogens with zero attached hydrogens (tertiary/aromatic N) is 1. The lowest BCUT2D eigenvalue weighted by atomic mass is 10.0. The van der Waals surface area contributed by atoms with Crippen LogP contribution in [-0.2, 0) is 9.59 Å². The van der Waals surface area contributed by atoms with Gasteiger partial charge in [0.05, 0.1) is 12.8 Å². The number of anilines is 1. The van der Waals surface area contributed by atoms with Crippen molar-refractivity contribution in [2.45, 2.75) is 37.8 Å². The molecule has 0 bridgehead atoms. The monoisotopic (exact) mass is 479 g/mol. The van der Waals surface area contributed by atoms with Gasteiger partial charge in [-0.1, -0.05) is 54.8 Å². The lowest BCUT2D eigenvalue weighted by Crippen LogP contribution is -2.49. The van der Waals surface area contributed by atoms with Crippen LogP contribution in [0.15, 0.2) is 77.4 Å². The molecule has 0 spiro atoms. The van der Waals surface area contributed by atoms with E-state index < -0.39 is 17.9 Å². The van der Waals surface area contributed by atoms with E-state index in [1.807, 2.05) is 30.3 Å². The maximum absolute atomic E-state index is 13.6. The van der Waals surface area contributed by atoms with Gasteiger partial charge in [0, 0.05) is 16.8 Å². The van der Waals surface area contributed by atoms with Crippen LogP contribution in [0.1, 0.15) is 47.8 Å². The summed E-state index contributed by atoms with van der Waals surface area (Å²) in [5.41, 5.74) is 1.16. The number of hydrogen-bond donors (Lipinski definition) is 2. The molecule has 2 aromatic carbocycles. The standard InChI is InChI=1S/C26H26ClN3O4/c27-19-12-14-21(15-13-19)30(23(31)17-28-25(32)22-11-6-16-34-22)24(18-7-2-1-3-8-18)26(33)29-20-9-4-5-10-20/h1-3,6-8,11-16,20,24H,4-5,9-10,17H2,(H,28,32)(H,29,33)/t24-/m1/s1. The summed E-state index contributed by atoms with van der Waals surface area (Å²) in [7, 11) is 0. The van der Waals surface area contributed by atoms with E-state index >= 15 is 0 Å². The first-order valence-electron chi connectivity index (χ1n) is 11.3. The van der Waals surface area contributed by atoms with Crippen molar-refractivity contribution in [1.29, 1.82) is 0 Å². The Bertz CT molecular complexity index is 1110. The molecule has 1 fully saturated rings. The van der Waals surface area contributed by atoms with Crippen molar-refractivity contribution in [2.24, 2.45) is 0 Å². The Balaban J connectivity index is 1.65. The third kappa shape index (κ3) is 5.66. The fraction of sp³-hybridized carbons (Fsp3) is 0.269. The summed E-state index contributed by atoms with van der Waals surface area (Å²) in [6.07, 6.45) is 5.36. The molecule has 1 heterocycles. The number of nitrogens with one attached hydrogen (secondary N) is 2. The predicted molar refractivity (Wildman–Crippen MR) is 130 cm³/mol. The Labute approximate surface area is 203 Å². The van der Waals surface area contributed by atoms with Crippen LogP contribution in [0.25, 0.3) is 0 Å². The van der Waals surface area contributed by atoms with E-state index in [0.29, 0.717) is 16.3 Å². The van der Waals surface area contributed by atoms with E-state index in [1.165, 1.54) is 17.2 Å². The number of carbonyl (C=O) groups excluding carboxylic acids is 3. The quantitative estimate of drug-likeness (QED) is 0.497. The van der Waals surface area contributed by atoms with Crippen LogP contribution < -0.4 is 15.5 Å². The largest absolute Gasteiger partial charge is 0.459 e. The highest BCUT2D eigenvalue weighted by atomic mass is 35.5. The third-order valence-corrected chi connectivity index (χ3v) is 6.09. The minimum absolute atomic E-state index is 0.0829. The first-order chi connectivity index (χ1) is 16.5. The molecular weight excluding hydrogens is 454 g/mol. The third-order valence-electron chi connectivity index (χ3n) is 5.84. The van der Waals surface area contributed by atoms with Crippen molar-refractivity contribution in [3.63, 3.8) is 0 Å². The Hall–Kier alpha value is -3.58. The molecule has 0 radical (unpaired) electrons. The van der Waals surface area contributed by atoms with E-state index in [-0.39, 0.29) is 24.3 Å². The van der Waals surface area contributed by atoms with E-state index in [0.717, 1.165) is 25.7 Å². The highest BCUT2D eigenvalue weighted by molar-refractivity contribution is 6.30. The number of rotatable bonds is 8. The summed E-state index contributed by atoms with van der Waals surface area (Å²) < 4.78 is 5.10. The number of halogens is 1. The van der Waals surface area contributed by atoms with Crippen LogP contribution in [0, 0.1) is 0 Å². The molecule has 0 unspecified atom stereocenters. The molecule has 2 N–H and O–H groups in total. The van der Waals surface area contributed by atoms with Crippen LogP contribution >= 0.6 is 11.6 Å². The van der Waals surface area contributed by atoms with Crippen molar-refractivity contribution >= 4 is 35.0 Å². The SMILES string of the molecule is O=C(NCC(=O)N(c1ccc(Cl)cc1)[C@@H](C(=O)NC1CCCC1)c1ccccc1)c1ccco1. The molecule has 1 aliphatic carbocycles. The highest BCUT2D eigenvalue weighted by Gasteiger charge is 2.34. The second-order valence-corrected chi connectivity index (χ2v) is 8.64. The van der Waals surface area contributed by atoms with Gasteiger partial charge in [-0.05, 0) is 54.8 Å². The molecule has 1 atom stereocenters. The van der Waals surface area contributed by atoms with E-state index in [2.05, 4.69) is 10.6 Å². The molecule has 1 aliphatic rings. The molecule has 1 aromatic heterocycles. The van der Waals surface area contributed by atoms with Crippen LogP contribution in [0.3, 0.4) is 0 Å². The molecule has 0 saturated heterocycles. The summed E-state index contributed by atoms with van der Waals surface area (Å²) in [4.78, 5) is 40.9. The van der Waals surface area contributed by atoms with Gasteiger partial charge in [0.25, 0.3) is 5.91 Å². The molecule has 0 aliphatic heterocycles. The molecule has 7 nitrogen and oxygen atoms in total. The summed E-state index contributed by atoms with van der Waals surface area (Å²) >= 11 is 6.08. The second-order valence-electron chi connectivity index (χ2n) is 8.20. The van der Waals surface area contributed by atoms with Crippen LogP contribution in [0.5, 0.6) is 0 Å². The highest BCUT2D eigenvalue weighted by Crippen LogP contribution is 2.30. The zero-order valence-corrected chi connectivity index (χ0v) is 19.3. The van der Waals surface area contributed by atoms with Crippen molar-refractivity contribution in [3.05, 3.63) is 89.3 Å². The van der Waals surface area contributed by atoms with Gasteiger partial charge in [-0.3, -0.25) is 19.3 Å². The van der Waals surface area contributed by atoms with Crippen LogP contribution in [0.2, 0.25) is 5.02 Å². The lowest BCUT2D eigenvalue weighted by Gasteiger charge is -2.32. The van der Waals surface area contributed by atoms with Gasteiger partial charge in [0.2, 0.25) is 11.8 Å². The zero-order valence-electron chi connectivity index (χ0n) is 18.6. The van der Waals surface area contributed by atoms with Crippen LogP contribution in [0.4, 0.5) is 5.69 Å². The summed E-state index contributed by atoms with van der Waals surface area (Å²) in [5.74, 6) is -1.12. The van der Waals surface area contributed by atoms with Gasteiger partial charge in [-0.15, -0.1) is 0 Å². The van der Waals surface area contributed by atoms with Gasteiger partial charge < -0.3 is 15.1 Å². The molecule has 3 aromatic rings. The van der Waals surface area contributed by atoms with E-state index in [4.69, 9.17) is 16.0 Å². The number of hydrogen-bond acceptors (Lipinski definition) is 4. The average Bonchev–Trinajstić information content (AvgIpc) is 3.57. The van der Waals surface area contributed by atoms with Crippen molar-refractivity contribution < 1.29 is 18.8 Å². The van der Waals surface area contributed by atoms with Gasteiger partial charge in [0.1, 0.15) is 6.04 Å². The average molecular weight is 480 g/mol. The molecule has 4 rings (SSSR count). The van der Waals surface area contributed by atoms with Crippen molar-refractivity contribution in [1.82, 2.24) is 10.6 Å². The number of furan rings is 1. The summed E-state index contributed by atoms with van der Waals surface area (Å²) in [5, 5.41) is 6.21. The van der Waals surface area contributed by atoms with E-state index in [9.17, 15) is 14.4 Å². The van der Waals surface area contributed by atoms with Gasteiger partial charge in [-0.2, -0.15) is 0 Å². The fourth-order valence-electron chi connectivity index (χ4n) is 4.18. The predicted octanol–water partition coefficient (Wildman–Crippen LogP) is 4.50. The van der Waals surface area contributed by atoms with E-state index in [1.54, 1.807) is 30.3 Å². The molecular formula is C26H26ClN3O4. The number of benzene rings is 2. The molecule has 8 heteroatoms. The summed E-state index contributed by atoms with van der Waals surface area (Å²) in [6.45, 7) is -0.317. The Morgan fingerprint density at radius 1 is 0.971 bits per heavy atom. The first-order valence-corrected chi connectivity index (χ1v) is 11.7. The fourth-order valence-corrected chi connectivity index (χ4v) is 4.30. The smallest absolute Gasteiger partial charge is 0.287 e. The van der Waals surface area contributed by atoms with Gasteiger partial charge in [-0.25, -0.2) is 0 Å². The van der Waals surface area contributed by atoms with Crippen molar-refractivity contribution in [2.75, 3.05) is 11.4 Å². The molecule has 176 valence electrons. The van der Waals surface area contributed by atoms with Gasteiger partial charge in [0.15, 0.2) is 5.76 Å². The minimum atomic E-state index is -0.920. The Morgan fingerprint density at radius 3 is 2.32 bits per heavy atom. The van der Waals surface area contributed by atoms with Gasteiger partial charge >= 0.3 is 0 Å². The second kappa shape index (κ2) is 11.0. The normalized spacial score (nSPS) is 14.4. The molecule has 3 amide bonds. The number of carbonyl (C=O) groups is 3. The maximum atomic E-state index is 13.6. The topological polar surface area (TPSA) is 91.7 Å². The zero-order chi connectivity index (χ0) is 23.9.